The predicted octanol–water partition coefficient (Wildman–Crippen LogP) is 5.08. The first-order chi connectivity index (χ1) is 9.11. The SMILES string of the molecule is C=C[C@H](C)C[C@H](C)C[C@H](C)COCc1ccccc1. The van der Waals surface area contributed by atoms with Gasteiger partial charge in [0.15, 0.2) is 0 Å². The zero-order valence-corrected chi connectivity index (χ0v) is 12.6. The van der Waals surface area contributed by atoms with Gasteiger partial charge >= 0.3 is 0 Å². The molecule has 1 aromatic rings. The number of ether oxygens (including phenoxy) is 1. The van der Waals surface area contributed by atoms with Crippen molar-refractivity contribution < 1.29 is 4.74 Å². The zero-order valence-electron chi connectivity index (χ0n) is 12.6. The first-order valence-corrected chi connectivity index (χ1v) is 7.36. The average molecular weight is 260 g/mol. The summed E-state index contributed by atoms with van der Waals surface area (Å²) in [7, 11) is 0. The summed E-state index contributed by atoms with van der Waals surface area (Å²) in [5.74, 6) is 1.98. The largest absolute Gasteiger partial charge is 0.376 e. The van der Waals surface area contributed by atoms with Gasteiger partial charge in [-0.2, -0.15) is 0 Å². The molecule has 0 fully saturated rings. The molecule has 0 radical (unpaired) electrons. The molecule has 0 saturated heterocycles. The second kappa shape index (κ2) is 8.92. The van der Waals surface area contributed by atoms with Gasteiger partial charge in [0, 0.05) is 6.61 Å². The van der Waals surface area contributed by atoms with Gasteiger partial charge in [-0.15, -0.1) is 6.58 Å². The molecule has 0 aliphatic rings. The van der Waals surface area contributed by atoms with Crippen LogP contribution < -0.4 is 0 Å². The maximum atomic E-state index is 5.79. The molecular formula is C18H28O. The summed E-state index contributed by atoms with van der Waals surface area (Å²) in [6.07, 6.45) is 4.51. The van der Waals surface area contributed by atoms with Crippen LogP contribution in [-0.2, 0) is 11.3 Å². The Kier molecular flexibility index (Phi) is 7.50. The van der Waals surface area contributed by atoms with E-state index >= 15 is 0 Å². The molecule has 0 heterocycles. The van der Waals surface area contributed by atoms with Gasteiger partial charge in [-0.3, -0.25) is 0 Å². The fourth-order valence-corrected chi connectivity index (χ4v) is 2.53. The molecule has 0 saturated carbocycles. The molecular weight excluding hydrogens is 232 g/mol. The lowest BCUT2D eigenvalue weighted by atomic mass is 9.90. The highest BCUT2D eigenvalue weighted by atomic mass is 16.5. The van der Waals surface area contributed by atoms with E-state index in [-0.39, 0.29) is 0 Å². The first kappa shape index (κ1) is 16.0. The molecule has 0 aromatic heterocycles. The van der Waals surface area contributed by atoms with Crippen LogP contribution in [0.2, 0.25) is 0 Å². The van der Waals surface area contributed by atoms with Crippen molar-refractivity contribution in [2.75, 3.05) is 6.61 Å². The molecule has 3 atom stereocenters. The lowest BCUT2D eigenvalue weighted by Gasteiger charge is -2.19. The Labute approximate surface area is 118 Å². The number of benzene rings is 1. The van der Waals surface area contributed by atoms with Crippen LogP contribution in [0.3, 0.4) is 0 Å². The van der Waals surface area contributed by atoms with Gasteiger partial charge in [0.05, 0.1) is 6.61 Å². The Hall–Kier alpha value is -1.08. The van der Waals surface area contributed by atoms with Crippen molar-refractivity contribution in [3.63, 3.8) is 0 Å². The van der Waals surface area contributed by atoms with E-state index in [4.69, 9.17) is 4.74 Å². The van der Waals surface area contributed by atoms with E-state index in [0.717, 1.165) is 19.1 Å². The van der Waals surface area contributed by atoms with Crippen molar-refractivity contribution in [1.82, 2.24) is 0 Å². The van der Waals surface area contributed by atoms with Crippen LogP contribution in [-0.4, -0.2) is 6.61 Å². The van der Waals surface area contributed by atoms with Crippen molar-refractivity contribution in [2.45, 2.75) is 40.2 Å². The summed E-state index contributed by atoms with van der Waals surface area (Å²) in [5, 5.41) is 0. The molecule has 1 aromatic carbocycles. The van der Waals surface area contributed by atoms with Crippen molar-refractivity contribution in [3.05, 3.63) is 48.6 Å². The van der Waals surface area contributed by atoms with Crippen LogP contribution in [0.1, 0.15) is 39.2 Å². The van der Waals surface area contributed by atoms with Crippen molar-refractivity contribution in [3.8, 4) is 0 Å². The molecule has 0 unspecified atom stereocenters. The number of rotatable bonds is 9. The number of allylic oxidation sites excluding steroid dienone is 1. The van der Waals surface area contributed by atoms with Crippen molar-refractivity contribution in [2.24, 2.45) is 17.8 Å². The minimum atomic E-state index is 0.618. The van der Waals surface area contributed by atoms with Gasteiger partial charge in [0.1, 0.15) is 0 Å². The van der Waals surface area contributed by atoms with E-state index in [1.807, 2.05) is 12.1 Å². The van der Waals surface area contributed by atoms with Gasteiger partial charge in [-0.05, 0) is 36.2 Å². The van der Waals surface area contributed by atoms with Crippen LogP contribution in [0.15, 0.2) is 43.0 Å². The quantitative estimate of drug-likeness (QED) is 0.563. The van der Waals surface area contributed by atoms with Gasteiger partial charge < -0.3 is 4.74 Å². The summed E-state index contributed by atoms with van der Waals surface area (Å²) in [5.41, 5.74) is 1.25. The molecule has 0 bridgehead atoms. The number of hydrogen-bond donors (Lipinski definition) is 0. The minimum absolute atomic E-state index is 0.618. The molecule has 0 amide bonds. The molecule has 0 N–H and O–H groups in total. The molecule has 106 valence electrons. The second-order valence-electron chi connectivity index (χ2n) is 5.90. The van der Waals surface area contributed by atoms with Crippen LogP contribution in [0.25, 0.3) is 0 Å². The maximum absolute atomic E-state index is 5.79. The van der Waals surface area contributed by atoms with E-state index in [2.05, 4.69) is 51.6 Å². The maximum Gasteiger partial charge on any atom is 0.0717 e. The van der Waals surface area contributed by atoms with Gasteiger partial charge in [0.2, 0.25) is 0 Å². The Balaban J connectivity index is 2.17. The van der Waals surface area contributed by atoms with Gasteiger partial charge in [-0.1, -0.05) is 57.2 Å². The fraction of sp³-hybridized carbons (Fsp3) is 0.556. The molecule has 0 aliphatic carbocycles. The van der Waals surface area contributed by atoms with Gasteiger partial charge in [0.25, 0.3) is 0 Å². The standard InChI is InChI=1S/C18H28O/c1-5-15(2)11-16(3)12-17(4)13-19-14-18-9-7-6-8-10-18/h5-10,15-17H,1,11-14H2,2-4H3/t15-,16-,17-/m0/s1. The molecule has 1 heteroatoms. The number of hydrogen-bond acceptors (Lipinski definition) is 1. The van der Waals surface area contributed by atoms with E-state index in [1.54, 1.807) is 0 Å². The van der Waals surface area contributed by atoms with Crippen LogP contribution in [0.4, 0.5) is 0 Å². The molecule has 1 nitrogen and oxygen atoms in total. The Morgan fingerprint density at radius 1 is 1.05 bits per heavy atom. The summed E-state index contributed by atoms with van der Waals surface area (Å²) in [4.78, 5) is 0. The van der Waals surface area contributed by atoms with Crippen molar-refractivity contribution >= 4 is 0 Å². The minimum Gasteiger partial charge on any atom is -0.376 e. The molecule has 19 heavy (non-hydrogen) atoms. The highest BCUT2D eigenvalue weighted by Crippen LogP contribution is 2.20. The molecule has 0 spiro atoms. The van der Waals surface area contributed by atoms with E-state index < -0.39 is 0 Å². The summed E-state index contributed by atoms with van der Waals surface area (Å²) >= 11 is 0. The van der Waals surface area contributed by atoms with Crippen LogP contribution in [0.5, 0.6) is 0 Å². The third kappa shape index (κ3) is 7.17. The second-order valence-corrected chi connectivity index (χ2v) is 5.90. The van der Waals surface area contributed by atoms with Crippen molar-refractivity contribution in [1.29, 1.82) is 0 Å². The lowest BCUT2D eigenvalue weighted by Crippen LogP contribution is -2.11. The summed E-state index contributed by atoms with van der Waals surface area (Å²) in [6.45, 7) is 12.3. The normalized spacial score (nSPS) is 15.7. The summed E-state index contributed by atoms with van der Waals surface area (Å²) < 4.78 is 5.79. The molecule has 0 aliphatic heterocycles. The highest BCUT2D eigenvalue weighted by Gasteiger charge is 2.11. The molecule has 1 rings (SSSR count). The lowest BCUT2D eigenvalue weighted by molar-refractivity contribution is 0.0838. The topological polar surface area (TPSA) is 9.23 Å². The summed E-state index contributed by atoms with van der Waals surface area (Å²) in [6, 6.07) is 10.4. The Bertz CT molecular complexity index is 344. The monoisotopic (exact) mass is 260 g/mol. The zero-order chi connectivity index (χ0) is 14.1. The smallest absolute Gasteiger partial charge is 0.0717 e. The third-order valence-electron chi connectivity index (χ3n) is 3.50. The van der Waals surface area contributed by atoms with Gasteiger partial charge in [-0.25, -0.2) is 0 Å². The van der Waals surface area contributed by atoms with Crippen LogP contribution in [0, 0.1) is 17.8 Å². The highest BCUT2D eigenvalue weighted by molar-refractivity contribution is 5.13. The average Bonchev–Trinajstić information content (AvgIpc) is 2.39. The fourth-order valence-electron chi connectivity index (χ4n) is 2.53. The Morgan fingerprint density at radius 3 is 2.37 bits per heavy atom. The van der Waals surface area contributed by atoms with E-state index in [1.165, 1.54) is 18.4 Å². The van der Waals surface area contributed by atoms with Crippen LogP contribution >= 0.6 is 0 Å². The van der Waals surface area contributed by atoms with E-state index in [0.29, 0.717) is 11.8 Å². The van der Waals surface area contributed by atoms with E-state index in [9.17, 15) is 0 Å². The first-order valence-electron chi connectivity index (χ1n) is 7.36. The third-order valence-corrected chi connectivity index (χ3v) is 3.50. The Morgan fingerprint density at radius 2 is 1.74 bits per heavy atom. The predicted molar refractivity (Wildman–Crippen MR) is 83.0 cm³/mol.